The van der Waals surface area contributed by atoms with Crippen molar-refractivity contribution in [1.29, 1.82) is 0 Å². The Morgan fingerprint density at radius 3 is 2.40 bits per heavy atom. The van der Waals surface area contributed by atoms with E-state index in [1.54, 1.807) is 24.3 Å². The van der Waals surface area contributed by atoms with Gasteiger partial charge in [0.05, 0.1) is 19.6 Å². The van der Waals surface area contributed by atoms with Crippen molar-refractivity contribution in [2.45, 2.75) is 6.42 Å². The number of ether oxygens (including phenoxy) is 2. The summed E-state index contributed by atoms with van der Waals surface area (Å²) in [6.07, 6.45) is -0.0358. The molecule has 0 atom stereocenters. The number of aliphatic carboxylic acids is 1. The molecule has 3 aromatic rings. The zero-order chi connectivity index (χ0) is 24.3. The van der Waals surface area contributed by atoms with Crippen LogP contribution >= 0.6 is 0 Å². The number of hydrogen-bond donors (Lipinski definition) is 1. The van der Waals surface area contributed by atoms with Crippen LogP contribution in [0.15, 0.2) is 84.0 Å². The van der Waals surface area contributed by atoms with Crippen LogP contribution in [0.1, 0.15) is 11.1 Å². The van der Waals surface area contributed by atoms with Crippen LogP contribution in [-0.4, -0.2) is 67.7 Å². The number of carbonyl (C=O) groups is 1. The van der Waals surface area contributed by atoms with Gasteiger partial charge in [-0.25, -0.2) is 0 Å². The molecule has 1 aliphatic rings. The third-order valence-electron chi connectivity index (χ3n) is 5.67. The molecule has 0 amide bonds. The van der Waals surface area contributed by atoms with E-state index in [2.05, 4.69) is 46.5 Å². The second kappa shape index (κ2) is 12.7. The molecule has 1 N–H and O–H groups in total. The van der Waals surface area contributed by atoms with Crippen molar-refractivity contribution in [2.75, 3.05) is 46.1 Å². The molecule has 1 aliphatic heterocycles. The number of morpholine rings is 1. The van der Waals surface area contributed by atoms with E-state index in [1.807, 2.05) is 18.2 Å². The Labute approximate surface area is 205 Å². The number of benzene rings is 3. The minimum absolute atomic E-state index is 0.0358. The standard InChI is InChI=1S/C28H30N2O5/c31-28(32)20-22-5-4-8-26(19-22)34-17-18-35-29-27(21-30-13-15-33-16-14-30)25-11-9-24(10-12-25)23-6-2-1-3-7-23/h1-12,19H,13-18,20-21H2,(H,31,32)/b29-27+. The number of carboxylic acid groups (broad SMARTS) is 1. The highest BCUT2D eigenvalue weighted by Gasteiger charge is 2.15. The molecule has 35 heavy (non-hydrogen) atoms. The molecule has 182 valence electrons. The third kappa shape index (κ3) is 7.67. The zero-order valence-electron chi connectivity index (χ0n) is 19.6. The Hall–Kier alpha value is -3.68. The smallest absolute Gasteiger partial charge is 0.307 e. The summed E-state index contributed by atoms with van der Waals surface area (Å²) in [7, 11) is 0. The third-order valence-corrected chi connectivity index (χ3v) is 5.67. The van der Waals surface area contributed by atoms with Gasteiger partial charge in [0.15, 0.2) is 6.61 Å². The second-order valence-electron chi connectivity index (χ2n) is 8.27. The lowest BCUT2D eigenvalue weighted by Gasteiger charge is -2.26. The zero-order valence-corrected chi connectivity index (χ0v) is 19.6. The normalized spacial score (nSPS) is 14.5. The van der Waals surface area contributed by atoms with E-state index in [-0.39, 0.29) is 13.0 Å². The average Bonchev–Trinajstić information content (AvgIpc) is 2.89. The Bertz CT molecular complexity index is 1110. The van der Waals surface area contributed by atoms with E-state index >= 15 is 0 Å². The maximum Gasteiger partial charge on any atom is 0.307 e. The molecule has 0 radical (unpaired) electrons. The van der Waals surface area contributed by atoms with Crippen LogP contribution in [0.25, 0.3) is 11.1 Å². The van der Waals surface area contributed by atoms with Crippen molar-refractivity contribution in [3.8, 4) is 16.9 Å². The predicted molar refractivity (Wildman–Crippen MR) is 135 cm³/mol. The SMILES string of the molecule is O=C(O)Cc1cccc(OCCO/N=C(\CN2CCOCC2)c2ccc(-c3ccccc3)cc2)c1. The Morgan fingerprint density at radius 1 is 0.914 bits per heavy atom. The molecule has 0 saturated carbocycles. The lowest BCUT2D eigenvalue weighted by molar-refractivity contribution is -0.136. The molecule has 1 saturated heterocycles. The number of hydrogen-bond acceptors (Lipinski definition) is 6. The number of rotatable bonds is 11. The van der Waals surface area contributed by atoms with Crippen molar-refractivity contribution in [3.63, 3.8) is 0 Å². The second-order valence-corrected chi connectivity index (χ2v) is 8.27. The van der Waals surface area contributed by atoms with Gasteiger partial charge in [0.2, 0.25) is 0 Å². The fraction of sp³-hybridized carbons (Fsp3) is 0.286. The first-order valence-corrected chi connectivity index (χ1v) is 11.8. The van der Waals surface area contributed by atoms with Crippen LogP contribution < -0.4 is 4.74 Å². The Morgan fingerprint density at radius 2 is 1.66 bits per heavy atom. The number of nitrogens with zero attached hydrogens (tertiary/aromatic N) is 2. The highest BCUT2D eigenvalue weighted by atomic mass is 16.6. The van der Waals surface area contributed by atoms with Crippen LogP contribution in [0.4, 0.5) is 0 Å². The lowest BCUT2D eigenvalue weighted by Crippen LogP contribution is -2.39. The van der Waals surface area contributed by atoms with Crippen molar-refractivity contribution in [3.05, 3.63) is 90.0 Å². The summed E-state index contributed by atoms with van der Waals surface area (Å²) in [5, 5.41) is 13.4. The van der Waals surface area contributed by atoms with Gasteiger partial charge in [-0.3, -0.25) is 9.69 Å². The Kier molecular flexibility index (Phi) is 8.86. The summed E-state index contributed by atoms with van der Waals surface area (Å²) in [5.41, 5.74) is 4.89. The summed E-state index contributed by atoms with van der Waals surface area (Å²) in [6, 6.07) is 25.7. The van der Waals surface area contributed by atoms with E-state index in [0.29, 0.717) is 24.5 Å². The fourth-order valence-corrected chi connectivity index (χ4v) is 3.87. The van der Waals surface area contributed by atoms with Crippen LogP contribution in [0.3, 0.4) is 0 Å². The number of oxime groups is 1. The maximum absolute atomic E-state index is 10.9. The molecule has 1 heterocycles. The van der Waals surface area contributed by atoms with Crippen LogP contribution in [0, 0.1) is 0 Å². The van der Waals surface area contributed by atoms with Crippen molar-refractivity contribution < 1.29 is 24.2 Å². The highest BCUT2D eigenvalue weighted by molar-refractivity contribution is 6.02. The van der Waals surface area contributed by atoms with Crippen molar-refractivity contribution in [2.24, 2.45) is 5.16 Å². The van der Waals surface area contributed by atoms with Gasteiger partial charge >= 0.3 is 5.97 Å². The lowest BCUT2D eigenvalue weighted by atomic mass is 10.0. The van der Waals surface area contributed by atoms with Gasteiger partial charge in [0.1, 0.15) is 18.1 Å². The first-order chi connectivity index (χ1) is 17.2. The van der Waals surface area contributed by atoms with Gasteiger partial charge in [0, 0.05) is 25.2 Å². The molecule has 0 bridgehead atoms. The fourth-order valence-electron chi connectivity index (χ4n) is 3.87. The van der Waals surface area contributed by atoms with Gasteiger partial charge in [-0.1, -0.05) is 71.9 Å². The quantitative estimate of drug-likeness (QED) is 0.256. The molecule has 1 fully saturated rings. The summed E-state index contributed by atoms with van der Waals surface area (Å²) < 4.78 is 11.2. The summed E-state index contributed by atoms with van der Waals surface area (Å²) in [4.78, 5) is 18.8. The number of carboxylic acids is 1. The van der Waals surface area contributed by atoms with Gasteiger partial charge in [0.25, 0.3) is 0 Å². The van der Waals surface area contributed by atoms with Crippen LogP contribution in [0.2, 0.25) is 0 Å². The first-order valence-electron chi connectivity index (χ1n) is 11.8. The maximum atomic E-state index is 10.9. The van der Waals surface area contributed by atoms with Crippen molar-refractivity contribution in [1.82, 2.24) is 4.90 Å². The van der Waals surface area contributed by atoms with Gasteiger partial charge < -0.3 is 19.4 Å². The molecule has 0 aromatic heterocycles. The minimum atomic E-state index is -0.871. The van der Waals surface area contributed by atoms with Gasteiger partial charge in [-0.2, -0.15) is 0 Å². The van der Waals surface area contributed by atoms with E-state index in [1.165, 1.54) is 5.56 Å². The predicted octanol–water partition coefficient (Wildman–Crippen LogP) is 4.11. The van der Waals surface area contributed by atoms with E-state index < -0.39 is 5.97 Å². The minimum Gasteiger partial charge on any atom is -0.490 e. The highest BCUT2D eigenvalue weighted by Crippen LogP contribution is 2.20. The summed E-state index contributed by atoms with van der Waals surface area (Å²) in [5.74, 6) is -0.259. The molecule has 0 unspecified atom stereocenters. The van der Waals surface area contributed by atoms with Crippen molar-refractivity contribution >= 4 is 11.7 Å². The van der Waals surface area contributed by atoms with Gasteiger partial charge in [-0.15, -0.1) is 0 Å². The topological polar surface area (TPSA) is 80.6 Å². The molecule has 4 rings (SSSR count). The Balaban J connectivity index is 1.38. The van der Waals surface area contributed by atoms with E-state index in [0.717, 1.165) is 43.1 Å². The average molecular weight is 475 g/mol. The molecule has 7 heteroatoms. The first kappa shape index (κ1) is 24.4. The van der Waals surface area contributed by atoms with E-state index in [9.17, 15) is 4.79 Å². The monoisotopic (exact) mass is 474 g/mol. The molecular weight excluding hydrogens is 444 g/mol. The summed E-state index contributed by atoms with van der Waals surface area (Å²) >= 11 is 0. The van der Waals surface area contributed by atoms with Crippen LogP contribution in [0.5, 0.6) is 5.75 Å². The summed E-state index contributed by atoms with van der Waals surface area (Å²) in [6.45, 7) is 4.40. The molecule has 0 spiro atoms. The molecule has 7 nitrogen and oxygen atoms in total. The molecule has 3 aromatic carbocycles. The largest absolute Gasteiger partial charge is 0.490 e. The van der Waals surface area contributed by atoms with E-state index in [4.69, 9.17) is 19.4 Å². The van der Waals surface area contributed by atoms with Gasteiger partial charge in [-0.05, 0) is 28.8 Å². The molecule has 0 aliphatic carbocycles. The van der Waals surface area contributed by atoms with Crippen LogP contribution in [-0.2, 0) is 20.8 Å². The molecular formula is C28H30N2O5.